The van der Waals surface area contributed by atoms with Crippen molar-refractivity contribution in [1.29, 1.82) is 0 Å². The molecule has 2 aromatic rings. The topological polar surface area (TPSA) is 42.3 Å². The summed E-state index contributed by atoms with van der Waals surface area (Å²) in [6.07, 6.45) is 1.71. The second kappa shape index (κ2) is 3.88. The molecule has 0 N–H and O–H groups in total. The van der Waals surface area contributed by atoms with E-state index in [4.69, 9.17) is 0 Å². The maximum atomic E-state index is 11.9. The van der Waals surface area contributed by atoms with Crippen molar-refractivity contribution >= 4 is 11.6 Å². The van der Waals surface area contributed by atoms with Gasteiger partial charge in [-0.3, -0.25) is 9.78 Å². The van der Waals surface area contributed by atoms with Crippen molar-refractivity contribution in [2.45, 2.75) is 13.8 Å². The van der Waals surface area contributed by atoms with Gasteiger partial charge in [-0.1, -0.05) is 12.1 Å². The number of amides is 1. The molecular weight excluding hydrogens is 224 g/mol. The van der Waals surface area contributed by atoms with E-state index in [0.717, 1.165) is 22.4 Å². The molecule has 3 heteroatoms. The second-order valence-electron chi connectivity index (χ2n) is 4.41. The molecule has 0 spiro atoms. The van der Waals surface area contributed by atoms with E-state index in [-0.39, 0.29) is 5.91 Å². The number of nitrogens with zero attached hydrogens (tertiary/aromatic N) is 2. The fourth-order valence-corrected chi connectivity index (χ4v) is 2.21. The van der Waals surface area contributed by atoms with E-state index in [9.17, 15) is 4.79 Å². The van der Waals surface area contributed by atoms with Crippen molar-refractivity contribution in [2.75, 3.05) is 0 Å². The Morgan fingerprint density at radius 1 is 1.06 bits per heavy atom. The molecule has 1 aliphatic rings. The predicted octanol–water partition coefficient (Wildman–Crippen LogP) is 2.69. The van der Waals surface area contributed by atoms with Crippen LogP contribution >= 0.6 is 0 Å². The summed E-state index contributed by atoms with van der Waals surface area (Å²) in [5.41, 5.74) is 5.31. The summed E-state index contributed by atoms with van der Waals surface area (Å²) in [6.45, 7) is 4.06. The van der Waals surface area contributed by atoms with Crippen molar-refractivity contribution in [3.63, 3.8) is 0 Å². The minimum absolute atomic E-state index is 0.172. The fourth-order valence-electron chi connectivity index (χ4n) is 2.21. The first-order valence-electron chi connectivity index (χ1n) is 5.83. The number of carbonyl (C=O) groups excluding carboxylic acids is 1. The smallest absolute Gasteiger partial charge is 0.267 e. The molecule has 1 aromatic carbocycles. The zero-order valence-electron chi connectivity index (χ0n) is 10.3. The van der Waals surface area contributed by atoms with Gasteiger partial charge in [0.25, 0.3) is 5.91 Å². The first kappa shape index (κ1) is 10.8. The van der Waals surface area contributed by atoms with Crippen molar-refractivity contribution in [3.8, 4) is 0 Å². The minimum Gasteiger partial charge on any atom is -0.267 e. The molecule has 0 aliphatic carbocycles. The lowest BCUT2D eigenvalue weighted by molar-refractivity contribution is 0.101. The van der Waals surface area contributed by atoms with Gasteiger partial charge in [0.05, 0.1) is 11.3 Å². The molecule has 0 bridgehead atoms. The Morgan fingerprint density at radius 3 is 2.61 bits per heavy atom. The van der Waals surface area contributed by atoms with Gasteiger partial charge in [0.1, 0.15) is 5.71 Å². The van der Waals surface area contributed by atoms with Crippen LogP contribution in [-0.2, 0) is 0 Å². The Morgan fingerprint density at radius 2 is 1.89 bits per heavy atom. The number of pyridine rings is 1. The normalized spacial score (nSPS) is 13.4. The van der Waals surface area contributed by atoms with Crippen molar-refractivity contribution in [2.24, 2.45) is 4.99 Å². The summed E-state index contributed by atoms with van der Waals surface area (Å²) in [5.74, 6) is -0.172. The van der Waals surface area contributed by atoms with Gasteiger partial charge in [-0.05, 0) is 43.2 Å². The first-order valence-corrected chi connectivity index (χ1v) is 5.83. The SMILES string of the molecule is Cc1ccc2c(c1C)C(c1ccccn1)=NC2=O. The zero-order valence-corrected chi connectivity index (χ0v) is 10.3. The monoisotopic (exact) mass is 236 g/mol. The molecule has 3 nitrogen and oxygen atoms in total. The molecule has 3 rings (SSSR count). The van der Waals surface area contributed by atoms with Crippen LogP contribution in [0, 0.1) is 13.8 Å². The lowest BCUT2D eigenvalue weighted by atomic mass is 9.94. The highest BCUT2D eigenvalue weighted by Gasteiger charge is 2.26. The Hall–Kier alpha value is -2.29. The molecule has 1 amide bonds. The number of carbonyl (C=O) groups is 1. The van der Waals surface area contributed by atoms with Crippen LogP contribution in [0.15, 0.2) is 41.5 Å². The number of hydrogen-bond donors (Lipinski definition) is 0. The van der Waals surface area contributed by atoms with E-state index in [1.807, 2.05) is 44.2 Å². The van der Waals surface area contributed by atoms with Gasteiger partial charge in [0.2, 0.25) is 0 Å². The first-order chi connectivity index (χ1) is 8.68. The Bertz CT molecular complexity index is 672. The van der Waals surface area contributed by atoms with Crippen LogP contribution in [0.5, 0.6) is 0 Å². The van der Waals surface area contributed by atoms with Gasteiger partial charge in [0.15, 0.2) is 0 Å². The molecule has 0 atom stereocenters. The number of hydrogen-bond acceptors (Lipinski definition) is 2. The predicted molar refractivity (Wildman–Crippen MR) is 70.1 cm³/mol. The van der Waals surface area contributed by atoms with Gasteiger partial charge in [-0.2, -0.15) is 0 Å². The zero-order chi connectivity index (χ0) is 12.7. The van der Waals surface area contributed by atoms with Crippen molar-refractivity contribution in [1.82, 2.24) is 4.98 Å². The third kappa shape index (κ3) is 1.48. The van der Waals surface area contributed by atoms with E-state index in [0.29, 0.717) is 11.3 Å². The molecule has 0 saturated carbocycles. The summed E-state index contributed by atoms with van der Waals surface area (Å²) in [4.78, 5) is 20.3. The van der Waals surface area contributed by atoms with E-state index in [1.54, 1.807) is 6.20 Å². The van der Waals surface area contributed by atoms with Gasteiger partial charge in [-0.15, -0.1) is 0 Å². The Balaban J connectivity index is 2.26. The maximum absolute atomic E-state index is 11.9. The van der Waals surface area contributed by atoms with Crippen LogP contribution in [0.2, 0.25) is 0 Å². The van der Waals surface area contributed by atoms with Gasteiger partial charge in [-0.25, -0.2) is 4.99 Å². The van der Waals surface area contributed by atoms with Gasteiger partial charge >= 0.3 is 0 Å². The third-order valence-electron chi connectivity index (χ3n) is 3.32. The quantitative estimate of drug-likeness (QED) is 0.764. The van der Waals surface area contributed by atoms with Crippen molar-refractivity contribution in [3.05, 3.63) is 64.5 Å². The molecule has 0 saturated heterocycles. The van der Waals surface area contributed by atoms with E-state index >= 15 is 0 Å². The van der Waals surface area contributed by atoms with Crippen LogP contribution in [-0.4, -0.2) is 16.6 Å². The summed E-state index contributed by atoms with van der Waals surface area (Å²) in [5, 5.41) is 0. The average Bonchev–Trinajstić information content (AvgIpc) is 2.73. The highest BCUT2D eigenvalue weighted by Crippen LogP contribution is 2.27. The summed E-state index contributed by atoms with van der Waals surface area (Å²) in [6, 6.07) is 9.44. The maximum Gasteiger partial charge on any atom is 0.278 e. The van der Waals surface area contributed by atoms with Crippen LogP contribution in [0.4, 0.5) is 0 Å². The van der Waals surface area contributed by atoms with Gasteiger partial charge in [0, 0.05) is 11.8 Å². The number of aromatic nitrogens is 1. The fraction of sp³-hybridized carbons (Fsp3) is 0.133. The lowest BCUT2D eigenvalue weighted by Gasteiger charge is -2.08. The molecule has 0 unspecified atom stereocenters. The number of benzene rings is 1. The van der Waals surface area contributed by atoms with E-state index in [1.165, 1.54) is 0 Å². The third-order valence-corrected chi connectivity index (χ3v) is 3.32. The van der Waals surface area contributed by atoms with E-state index in [2.05, 4.69) is 9.98 Å². The van der Waals surface area contributed by atoms with Crippen LogP contribution < -0.4 is 0 Å². The lowest BCUT2D eigenvalue weighted by Crippen LogP contribution is -2.06. The largest absolute Gasteiger partial charge is 0.278 e. The molecule has 1 aromatic heterocycles. The minimum atomic E-state index is -0.172. The Kier molecular flexibility index (Phi) is 2.33. The van der Waals surface area contributed by atoms with Crippen LogP contribution in [0.25, 0.3) is 0 Å². The molecule has 2 heterocycles. The van der Waals surface area contributed by atoms with Crippen LogP contribution in [0.1, 0.15) is 32.7 Å². The number of aryl methyl sites for hydroxylation is 1. The number of aliphatic imine (C=N–C) groups is 1. The van der Waals surface area contributed by atoms with E-state index < -0.39 is 0 Å². The van der Waals surface area contributed by atoms with Gasteiger partial charge < -0.3 is 0 Å². The van der Waals surface area contributed by atoms with Crippen molar-refractivity contribution < 1.29 is 4.79 Å². The molecule has 0 fully saturated rings. The molecule has 88 valence electrons. The molecule has 0 radical (unpaired) electrons. The summed E-state index contributed by atoms with van der Waals surface area (Å²) >= 11 is 0. The molecular formula is C15H12N2O. The standard InChI is InChI=1S/C15H12N2O/c1-9-6-7-11-13(10(9)2)14(17-15(11)18)12-5-3-4-8-16-12/h3-8H,1-2H3. The van der Waals surface area contributed by atoms with Crippen LogP contribution in [0.3, 0.4) is 0 Å². The summed E-state index contributed by atoms with van der Waals surface area (Å²) in [7, 11) is 0. The molecule has 18 heavy (non-hydrogen) atoms. The number of rotatable bonds is 1. The average molecular weight is 236 g/mol. The number of fused-ring (bicyclic) bond motifs is 1. The highest BCUT2D eigenvalue weighted by molar-refractivity contribution is 6.27. The summed E-state index contributed by atoms with van der Waals surface area (Å²) < 4.78 is 0. The highest BCUT2D eigenvalue weighted by atomic mass is 16.1. The molecule has 1 aliphatic heterocycles. The second-order valence-corrected chi connectivity index (χ2v) is 4.41. The Labute approximate surface area is 105 Å².